The molecule has 0 saturated heterocycles. The fraction of sp³-hybridized carbons (Fsp3) is 0.538. The number of carbonyl (C=O) groups is 2. The quantitative estimate of drug-likeness (QED) is 0.735. The Balaban J connectivity index is 2.85. The molecule has 1 heterocycles. The first-order valence-electron chi connectivity index (χ1n) is 6.19. The smallest absolute Gasteiger partial charge is 0.342 e. The van der Waals surface area contributed by atoms with Gasteiger partial charge in [-0.1, -0.05) is 0 Å². The number of amides is 2. The number of esters is 1. The Labute approximate surface area is 112 Å². The Morgan fingerprint density at radius 3 is 2.53 bits per heavy atom. The number of aromatic amines is 1. The SMILES string of the molecule is CCOC(=O)c1c(NC(=O)NC(C)(C)C)c[nH]c1C. The summed E-state index contributed by atoms with van der Waals surface area (Å²) in [7, 11) is 0. The number of nitrogens with one attached hydrogen (secondary N) is 3. The highest BCUT2D eigenvalue weighted by Crippen LogP contribution is 2.20. The molecule has 0 bridgehead atoms. The second kappa shape index (κ2) is 5.77. The number of H-pyrrole nitrogens is 1. The lowest BCUT2D eigenvalue weighted by molar-refractivity contribution is 0.0527. The lowest BCUT2D eigenvalue weighted by Crippen LogP contribution is -2.43. The first-order chi connectivity index (χ1) is 8.74. The predicted octanol–water partition coefficient (Wildman–Crippen LogP) is 2.42. The minimum Gasteiger partial charge on any atom is -0.462 e. The maximum atomic E-state index is 11.8. The summed E-state index contributed by atoms with van der Waals surface area (Å²) >= 11 is 0. The molecule has 19 heavy (non-hydrogen) atoms. The van der Waals surface area contributed by atoms with Gasteiger partial charge in [-0.2, -0.15) is 0 Å². The molecule has 6 nitrogen and oxygen atoms in total. The summed E-state index contributed by atoms with van der Waals surface area (Å²) in [5.41, 5.74) is 1.08. The molecule has 0 spiro atoms. The van der Waals surface area contributed by atoms with Gasteiger partial charge in [0.1, 0.15) is 5.56 Å². The van der Waals surface area contributed by atoms with Gasteiger partial charge in [-0.3, -0.25) is 0 Å². The highest BCUT2D eigenvalue weighted by atomic mass is 16.5. The topological polar surface area (TPSA) is 83.2 Å². The number of aryl methyl sites for hydroxylation is 1. The summed E-state index contributed by atoms with van der Waals surface area (Å²) in [5.74, 6) is -0.452. The molecular weight excluding hydrogens is 246 g/mol. The Bertz CT molecular complexity index is 472. The number of urea groups is 1. The number of anilines is 1. The summed E-state index contributed by atoms with van der Waals surface area (Å²) < 4.78 is 4.96. The van der Waals surface area contributed by atoms with Crippen LogP contribution in [0.1, 0.15) is 43.7 Å². The zero-order valence-corrected chi connectivity index (χ0v) is 12.0. The maximum Gasteiger partial charge on any atom is 0.342 e. The number of hydrogen-bond acceptors (Lipinski definition) is 3. The van der Waals surface area contributed by atoms with Crippen LogP contribution in [0.25, 0.3) is 0 Å². The van der Waals surface area contributed by atoms with Gasteiger partial charge in [-0.25, -0.2) is 9.59 Å². The Morgan fingerprint density at radius 1 is 1.37 bits per heavy atom. The lowest BCUT2D eigenvalue weighted by Gasteiger charge is -2.20. The van der Waals surface area contributed by atoms with Crippen molar-refractivity contribution in [3.05, 3.63) is 17.5 Å². The van der Waals surface area contributed by atoms with E-state index in [9.17, 15) is 9.59 Å². The van der Waals surface area contributed by atoms with Crippen LogP contribution in [0.3, 0.4) is 0 Å². The second-order valence-corrected chi connectivity index (χ2v) is 5.25. The van der Waals surface area contributed by atoms with Gasteiger partial charge in [0.05, 0.1) is 12.3 Å². The van der Waals surface area contributed by atoms with Crippen molar-refractivity contribution in [1.82, 2.24) is 10.3 Å². The molecule has 0 aliphatic carbocycles. The first-order valence-corrected chi connectivity index (χ1v) is 6.19. The van der Waals surface area contributed by atoms with Crippen molar-refractivity contribution in [3.63, 3.8) is 0 Å². The summed E-state index contributed by atoms with van der Waals surface area (Å²) in [6, 6.07) is -0.364. The van der Waals surface area contributed by atoms with E-state index in [1.54, 1.807) is 20.0 Å². The van der Waals surface area contributed by atoms with Crippen LogP contribution in [-0.4, -0.2) is 29.1 Å². The van der Waals surface area contributed by atoms with E-state index in [0.717, 1.165) is 0 Å². The monoisotopic (exact) mass is 267 g/mol. The van der Waals surface area contributed by atoms with Crippen molar-refractivity contribution in [2.45, 2.75) is 40.2 Å². The molecule has 1 aromatic rings. The van der Waals surface area contributed by atoms with E-state index in [2.05, 4.69) is 15.6 Å². The molecule has 0 saturated carbocycles. The third kappa shape index (κ3) is 4.31. The highest BCUT2D eigenvalue weighted by molar-refractivity contribution is 6.01. The van der Waals surface area contributed by atoms with E-state index >= 15 is 0 Å². The third-order valence-corrected chi connectivity index (χ3v) is 2.29. The average molecular weight is 267 g/mol. The van der Waals surface area contributed by atoms with Gasteiger partial charge in [-0.15, -0.1) is 0 Å². The molecule has 0 unspecified atom stereocenters. The molecule has 0 aliphatic rings. The van der Waals surface area contributed by atoms with Crippen LogP contribution in [-0.2, 0) is 4.74 Å². The fourth-order valence-electron chi connectivity index (χ4n) is 1.59. The second-order valence-electron chi connectivity index (χ2n) is 5.25. The Morgan fingerprint density at radius 2 is 2.00 bits per heavy atom. The van der Waals surface area contributed by atoms with Crippen LogP contribution in [0.4, 0.5) is 10.5 Å². The van der Waals surface area contributed by atoms with E-state index < -0.39 is 5.97 Å². The Hall–Kier alpha value is -1.98. The standard InChI is InChI=1S/C13H21N3O3/c1-6-19-11(17)10-8(2)14-7-9(10)15-12(18)16-13(3,4)5/h7,14H,6H2,1-5H3,(H2,15,16,18). The van der Waals surface area contributed by atoms with E-state index in [0.29, 0.717) is 16.9 Å². The van der Waals surface area contributed by atoms with Gasteiger partial charge in [0.2, 0.25) is 0 Å². The molecule has 6 heteroatoms. The number of carbonyl (C=O) groups excluding carboxylic acids is 2. The van der Waals surface area contributed by atoms with Crippen LogP contribution >= 0.6 is 0 Å². The summed E-state index contributed by atoms with van der Waals surface area (Å²) in [6.07, 6.45) is 1.57. The minimum atomic E-state index is -0.452. The molecule has 0 radical (unpaired) electrons. The van der Waals surface area contributed by atoms with Crippen molar-refractivity contribution >= 4 is 17.7 Å². The van der Waals surface area contributed by atoms with Gasteiger partial charge in [0.15, 0.2) is 0 Å². The number of rotatable bonds is 3. The minimum absolute atomic E-state index is 0.289. The highest BCUT2D eigenvalue weighted by Gasteiger charge is 2.20. The molecular formula is C13H21N3O3. The van der Waals surface area contributed by atoms with Crippen molar-refractivity contribution in [1.29, 1.82) is 0 Å². The van der Waals surface area contributed by atoms with Crippen LogP contribution in [0.2, 0.25) is 0 Å². The zero-order valence-electron chi connectivity index (χ0n) is 12.0. The molecule has 2 amide bonds. The van der Waals surface area contributed by atoms with Gasteiger partial charge >= 0.3 is 12.0 Å². The van der Waals surface area contributed by atoms with Gasteiger partial charge in [0.25, 0.3) is 0 Å². The molecule has 1 aromatic heterocycles. The van der Waals surface area contributed by atoms with Crippen LogP contribution in [0.15, 0.2) is 6.20 Å². The Kier molecular flexibility index (Phi) is 4.58. The molecule has 0 aromatic carbocycles. The first kappa shape index (κ1) is 15.1. The number of aromatic nitrogens is 1. The normalized spacial score (nSPS) is 11.0. The third-order valence-electron chi connectivity index (χ3n) is 2.29. The summed E-state index contributed by atoms with van der Waals surface area (Å²) in [4.78, 5) is 26.5. The van der Waals surface area contributed by atoms with Crippen molar-refractivity contribution in [3.8, 4) is 0 Å². The van der Waals surface area contributed by atoms with Gasteiger partial charge < -0.3 is 20.4 Å². The van der Waals surface area contributed by atoms with Crippen molar-refractivity contribution in [2.24, 2.45) is 0 Å². The van der Waals surface area contributed by atoms with Crippen LogP contribution in [0.5, 0.6) is 0 Å². The van der Waals surface area contributed by atoms with E-state index in [1.807, 2.05) is 20.8 Å². The summed E-state index contributed by atoms with van der Waals surface area (Å²) in [5, 5.41) is 5.40. The average Bonchev–Trinajstić information content (AvgIpc) is 2.57. The van der Waals surface area contributed by atoms with E-state index in [-0.39, 0.29) is 18.2 Å². The lowest BCUT2D eigenvalue weighted by atomic mass is 10.1. The summed E-state index contributed by atoms with van der Waals surface area (Å²) in [6.45, 7) is 9.40. The molecule has 0 atom stereocenters. The molecule has 106 valence electrons. The van der Waals surface area contributed by atoms with Gasteiger partial charge in [-0.05, 0) is 34.6 Å². The molecule has 0 fully saturated rings. The van der Waals surface area contributed by atoms with Crippen molar-refractivity contribution < 1.29 is 14.3 Å². The molecule has 3 N–H and O–H groups in total. The van der Waals surface area contributed by atoms with Gasteiger partial charge in [0, 0.05) is 17.4 Å². The number of hydrogen-bond donors (Lipinski definition) is 3. The largest absolute Gasteiger partial charge is 0.462 e. The van der Waals surface area contributed by atoms with Crippen LogP contribution in [0, 0.1) is 6.92 Å². The molecule has 1 rings (SSSR count). The van der Waals surface area contributed by atoms with E-state index in [1.165, 1.54) is 0 Å². The van der Waals surface area contributed by atoms with E-state index in [4.69, 9.17) is 4.74 Å². The fourth-order valence-corrected chi connectivity index (χ4v) is 1.59. The zero-order chi connectivity index (χ0) is 14.6. The van der Waals surface area contributed by atoms with Crippen LogP contribution < -0.4 is 10.6 Å². The predicted molar refractivity (Wildman–Crippen MR) is 73.4 cm³/mol. The number of ether oxygens (including phenoxy) is 1. The molecule has 0 aliphatic heterocycles. The maximum absolute atomic E-state index is 11.8. The van der Waals surface area contributed by atoms with Crippen molar-refractivity contribution in [2.75, 3.05) is 11.9 Å².